The fourth-order valence-corrected chi connectivity index (χ4v) is 10.7. The monoisotopic (exact) mass is 894 g/mol. The molecule has 11 atom stereocenters. The summed E-state index contributed by atoms with van der Waals surface area (Å²) in [5, 5.41) is 28.7. The molecule has 7 rings (SSSR count). The molecule has 16 nitrogen and oxygen atoms in total. The lowest BCUT2D eigenvalue weighted by atomic mass is 9.41. The highest BCUT2D eigenvalue weighted by Crippen LogP contribution is 2.66. The molecule has 3 aromatic carbocycles. The van der Waals surface area contributed by atoms with Gasteiger partial charge in [-0.25, -0.2) is 9.59 Å². The first-order valence-electron chi connectivity index (χ1n) is 21.5. The second-order valence-corrected chi connectivity index (χ2v) is 18.1. The van der Waals surface area contributed by atoms with E-state index >= 15 is 4.79 Å². The first kappa shape index (κ1) is 46.9. The molecule has 3 fully saturated rings. The summed E-state index contributed by atoms with van der Waals surface area (Å²) >= 11 is 0. The zero-order valence-corrected chi connectivity index (χ0v) is 37.0. The number of ketones is 2. The van der Waals surface area contributed by atoms with Gasteiger partial charge in [0.1, 0.15) is 29.6 Å². The SMILES string of the molecule is CC(=O)O[C@H]1C(=O)[C@@]2(C)C(C(OC(=O)c3ccccc3)[C@]3(O)C[C@H](OC(=O)[C@H](OC(=O)CN)[C@@H](NC(=O)c4ccccc4)c4ccccc4)C(C)=C1C3(C)C)[C@]1(C(C)=O)CO[C@@H]1C[C@@H]2O. The van der Waals surface area contributed by atoms with Crippen molar-refractivity contribution in [1.82, 2.24) is 5.32 Å². The van der Waals surface area contributed by atoms with E-state index in [0.717, 1.165) is 6.92 Å². The van der Waals surface area contributed by atoms with Crippen molar-refractivity contribution in [3.05, 3.63) is 119 Å². The summed E-state index contributed by atoms with van der Waals surface area (Å²) in [7, 11) is 0. The lowest BCUT2D eigenvalue weighted by molar-refractivity contribution is -0.306. The van der Waals surface area contributed by atoms with E-state index in [2.05, 4.69) is 5.32 Å². The smallest absolute Gasteiger partial charge is 0.350 e. The Hall–Kier alpha value is -6.07. The number of hydrogen-bond donors (Lipinski definition) is 4. The van der Waals surface area contributed by atoms with Crippen LogP contribution in [0.15, 0.2) is 102 Å². The Balaban J connectivity index is 1.42. The van der Waals surface area contributed by atoms with Crippen LogP contribution in [-0.4, -0.2) is 107 Å². The van der Waals surface area contributed by atoms with Crippen molar-refractivity contribution < 1.29 is 67.5 Å². The van der Waals surface area contributed by atoms with Crippen molar-refractivity contribution >= 4 is 41.4 Å². The summed E-state index contributed by atoms with van der Waals surface area (Å²) in [5.74, 6) is -7.53. The predicted molar refractivity (Wildman–Crippen MR) is 229 cm³/mol. The number of benzene rings is 3. The summed E-state index contributed by atoms with van der Waals surface area (Å²) < 4.78 is 30.2. The zero-order valence-electron chi connectivity index (χ0n) is 37.0. The molecule has 1 saturated heterocycles. The number of hydrogen-bond acceptors (Lipinski definition) is 15. The van der Waals surface area contributed by atoms with Crippen LogP contribution in [0.4, 0.5) is 0 Å². The molecule has 16 heteroatoms. The predicted octanol–water partition coefficient (Wildman–Crippen LogP) is 3.52. The lowest BCUT2D eigenvalue weighted by Crippen LogP contribution is -2.79. The number of ether oxygens (including phenoxy) is 5. The van der Waals surface area contributed by atoms with Crippen molar-refractivity contribution in [3.63, 3.8) is 0 Å². The van der Waals surface area contributed by atoms with Crippen molar-refractivity contribution in [1.29, 1.82) is 0 Å². The Kier molecular flexibility index (Phi) is 12.8. The molecule has 0 spiro atoms. The van der Waals surface area contributed by atoms with Crippen molar-refractivity contribution in [2.45, 2.75) is 103 Å². The Labute approximate surface area is 375 Å². The molecule has 4 aliphatic rings. The first-order valence-corrected chi connectivity index (χ1v) is 21.5. The molecule has 65 heavy (non-hydrogen) atoms. The van der Waals surface area contributed by atoms with Gasteiger partial charge in [0.2, 0.25) is 6.10 Å². The van der Waals surface area contributed by atoms with Gasteiger partial charge in [-0.3, -0.25) is 24.0 Å². The third-order valence-corrected chi connectivity index (χ3v) is 14.3. The Morgan fingerprint density at radius 1 is 0.862 bits per heavy atom. The van der Waals surface area contributed by atoms with Gasteiger partial charge in [-0.1, -0.05) is 80.6 Å². The number of aliphatic hydroxyl groups is 2. The van der Waals surface area contributed by atoms with Crippen LogP contribution >= 0.6 is 0 Å². The molecule has 344 valence electrons. The standard InChI is InChI=1S/C49H54N2O14/c1-26-32(63-45(59)39(64-35(55)24-50)37(29-16-10-7-11-17-29)51-43(57)30-18-12-8-13-19-30)23-49(60)42(65-44(58)31-20-14-9-15-21-31)40-47(6,33(54)22-34-48(40,25-61-34)27(2)52)41(56)38(62-28(3)53)36(26)46(49,4)5/h7-21,32-34,37-40,42,54,60H,22-25,50H2,1-6H3,(H,51,57)/t32-,33-,34+,37-,38+,39+,40?,42?,47+,48-,49+/m0/s1. The lowest BCUT2D eigenvalue weighted by Gasteiger charge is -2.67. The van der Waals surface area contributed by atoms with Gasteiger partial charge < -0.3 is 44.9 Å². The van der Waals surface area contributed by atoms with Crippen LogP contribution < -0.4 is 11.1 Å². The highest BCUT2D eigenvalue weighted by molar-refractivity contribution is 5.98. The average molecular weight is 895 g/mol. The second kappa shape index (κ2) is 17.7. The van der Waals surface area contributed by atoms with Crippen LogP contribution in [0.1, 0.15) is 86.7 Å². The maximum absolute atomic E-state index is 15.6. The number of rotatable bonds is 12. The summed E-state index contributed by atoms with van der Waals surface area (Å²) in [5.41, 5.74) is -1.32. The molecule has 3 aromatic rings. The minimum absolute atomic E-state index is 0.0202. The molecule has 1 aliphatic heterocycles. The van der Waals surface area contributed by atoms with Crippen LogP contribution in [-0.2, 0) is 47.7 Å². The largest absolute Gasteiger partial charge is 0.455 e. The molecule has 1 heterocycles. The van der Waals surface area contributed by atoms with Gasteiger partial charge in [0.05, 0.1) is 41.8 Å². The minimum Gasteiger partial charge on any atom is -0.455 e. The molecule has 2 bridgehead atoms. The highest BCUT2D eigenvalue weighted by Gasteiger charge is 2.78. The van der Waals surface area contributed by atoms with E-state index in [1.165, 1.54) is 32.9 Å². The van der Waals surface area contributed by atoms with Crippen molar-refractivity contribution in [2.24, 2.45) is 27.9 Å². The van der Waals surface area contributed by atoms with Gasteiger partial charge in [-0.15, -0.1) is 0 Å². The summed E-state index contributed by atoms with van der Waals surface area (Å²) in [6, 6.07) is 22.8. The van der Waals surface area contributed by atoms with E-state index in [1.807, 2.05) is 0 Å². The van der Waals surface area contributed by atoms with Crippen LogP contribution in [0, 0.1) is 22.2 Å². The van der Waals surface area contributed by atoms with E-state index in [9.17, 15) is 39.0 Å². The number of amides is 1. The minimum atomic E-state index is -2.41. The fourth-order valence-electron chi connectivity index (χ4n) is 10.7. The van der Waals surface area contributed by atoms with Gasteiger partial charge in [0.15, 0.2) is 11.9 Å². The first-order chi connectivity index (χ1) is 30.7. The normalized spacial score (nSPS) is 30.9. The number of carbonyl (C=O) groups excluding carboxylic acids is 7. The maximum Gasteiger partial charge on any atom is 0.350 e. The van der Waals surface area contributed by atoms with Gasteiger partial charge in [0.25, 0.3) is 5.91 Å². The number of nitrogens with two attached hydrogens (primary N) is 1. The quantitative estimate of drug-likeness (QED) is 0.116. The van der Waals surface area contributed by atoms with Crippen LogP contribution in [0.25, 0.3) is 0 Å². The zero-order chi connectivity index (χ0) is 47.2. The number of carbonyl (C=O) groups is 7. The number of aliphatic hydroxyl groups excluding tert-OH is 1. The molecule has 2 saturated carbocycles. The van der Waals surface area contributed by atoms with Crippen LogP contribution in [0.2, 0.25) is 0 Å². The van der Waals surface area contributed by atoms with E-state index in [1.54, 1.807) is 92.7 Å². The van der Waals surface area contributed by atoms with E-state index < -0.39 is 125 Å². The molecule has 0 aromatic heterocycles. The Bertz CT molecular complexity index is 2410. The Morgan fingerprint density at radius 3 is 1.98 bits per heavy atom. The number of nitrogens with one attached hydrogen (secondary N) is 1. The molecular weight excluding hydrogens is 841 g/mol. The highest BCUT2D eigenvalue weighted by atomic mass is 16.6. The number of esters is 4. The molecule has 3 aliphatic carbocycles. The molecule has 5 N–H and O–H groups in total. The third kappa shape index (κ3) is 7.85. The van der Waals surface area contributed by atoms with E-state index in [0.29, 0.717) is 5.56 Å². The average Bonchev–Trinajstić information content (AvgIpc) is 3.27. The molecule has 0 radical (unpaired) electrons. The maximum atomic E-state index is 15.6. The summed E-state index contributed by atoms with van der Waals surface area (Å²) in [6.07, 6.45) is -10.4. The summed E-state index contributed by atoms with van der Waals surface area (Å²) in [4.78, 5) is 98.8. The fraction of sp³-hybridized carbons (Fsp3) is 0.449. The number of fused-ring (bicyclic) bond motifs is 5. The second-order valence-electron chi connectivity index (χ2n) is 18.1. The van der Waals surface area contributed by atoms with E-state index in [-0.39, 0.29) is 35.3 Å². The van der Waals surface area contributed by atoms with Gasteiger partial charge >= 0.3 is 23.9 Å². The van der Waals surface area contributed by atoms with Crippen LogP contribution in [0.3, 0.4) is 0 Å². The summed E-state index contributed by atoms with van der Waals surface area (Å²) in [6.45, 7) is 7.52. The molecular formula is C49H54N2O14. The van der Waals surface area contributed by atoms with Crippen molar-refractivity contribution in [2.75, 3.05) is 13.2 Å². The topological polar surface area (TPSA) is 244 Å². The number of Topliss-reactive ketones (excluding diaryl/α,β-unsaturated/α-hetero) is 2. The van der Waals surface area contributed by atoms with Gasteiger partial charge in [-0.05, 0) is 61.7 Å². The molecule has 2 unspecified atom stereocenters. The van der Waals surface area contributed by atoms with E-state index in [4.69, 9.17) is 29.4 Å². The van der Waals surface area contributed by atoms with Crippen molar-refractivity contribution in [3.8, 4) is 0 Å². The van der Waals surface area contributed by atoms with Gasteiger partial charge in [0, 0.05) is 36.7 Å². The third-order valence-electron chi connectivity index (χ3n) is 14.3. The Morgan fingerprint density at radius 2 is 1.45 bits per heavy atom. The molecule has 1 amide bonds. The van der Waals surface area contributed by atoms with Crippen LogP contribution in [0.5, 0.6) is 0 Å². The van der Waals surface area contributed by atoms with Gasteiger partial charge in [-0.2, -0.15) is 0 Å².